The molecule has 0 atom stereocenters. The van der Waals surface area contributed by atoms with E-state index in [1.165, 1.54) is 6.42 Å². The largest absolute Gasteiger partial charge is 0.339 e. The van der Waals surface area contributed by atoms with Gasteiger partial charge in [-0.25, -0.2) is 0 Å². The number of hydrogen-bond donors (Lipinski definition) is 1. The maximum absolute atomic E-state index is 12.3. The number of nitrogens with one attached hydrogen (secondary N) is 1. The van der Waals surface area contributed by atoms with Crippen LogP contribution in [0.25, 0.3) is 10.7 Å². The number of thiophene rings is 1. The van der Waals surface area contributed by atoms with Crippen molar-refractivity contribution < 1.29 is 9.32 Å². The van der Waals surface area contributed by atoms with Gasteiger partial charge in [0.2, 0.25) is 11.7 Å². The lowest BCUT2D eigenvalue weighted by atomic mass is 9.85. The number of aromatic nitrogens is 2. The van der Waals surface area contributed by atoms with Crippen molar-refractivity contribution in [2.75, 3.05) is 5.32 Å². The molecule has 6 heteroatoms. The second-order valence-corrected chi connectivity index (χ2v) is 7.24. The van der Waals surface area contributed by atoms with Gasteiger partial charge in [-0.3, -0.25) is 4.79 Å². The number of benzene rings is 1. The third-order valence-corrected chi connectivity index (χ3v) is 5.36. The number of carbonyl (C=O) groups is 1. The van der Waals surface area contributed by atoms with E-state index in [9.17, 15) is 4.79 Å². The van der Waals surface area contributed by atoms with Crippen molar-refractivity contribution in [2.45, 2.75) is 32.1 Å². The van der Waals surface area contributed by atoms with Gasteiger partial charge in [-0.1, -0.05) is 29.8 Å². The molecule has 1 N–H and O–H groups in total. The highest BCUT2D eigenvalue weighted by Crippen LogP contribution is 2.38. The van der Waals surface area contributed by atoms with E-state index in [0.29, 0.717) is 17.3 Å². The average Bonchev–Trinajstić information content (AvgIpc) is 3.14. The molecule has 1 saturated carbocycles. The lowest BCUT2D eigenvalue weighted by Crippen LogP contribution is -2.11. The zero-order chi connectivity index (χ0) is 16.5. The molecule has 1 aliphatic rings. The maximum Gasteiger partial charge on any atom is 0.255 e. The number of aryl methyl sites for hydroxylation is 1. The molecule has 0 unspecified atom stereocenters. The Morgan fingerprint density at radius 1 is 1.29 bits per heavy atom. The fourth-order valence-corrected chi connectivity index (χ4v) is 3.56. The molecule has 0 bridgehead atoms. The van der Waals surface area contributed by atoms with Crippen LogP contribution < -0.4 is 5.32 Å². The summed E-state index contributed by atoms with van der Waals surface area (Å²) in [5.74, 6) is 1.64. The van der Waals surface area contributed by atoms with Gasteiger partial charge >= 0.3 is 0 Å². The number of carbonyl (C=O) groups excluding carboxylic acids is 1. The summed E-state index contributed by atoms with van der Waals surface area (Å²) in [7, 11) is 0. The summed E-state index contributed by atoms with van der Waals surface area (Å²) in [4.78, 5) is 18.7. The van der Waals surface area contributed by atoms with Crippen molar-refractivity contribution in [1.29, 1.82) is 0 Å². The zero-order valence-electron chi connectivity index (χ0n) is 13.3. The van der Waals surface area contributed by atoms with Gasteiger partial charge in [-0.15, -0.1) is 11.3 Å². The van der Waals surface area contributed by atoms with E-state index in [2.05, 4.69) is 15.5 Å². The van der Waals surface area contributed by atoms with E-state index < -0.39 is 0 Å². The van der Waals surface area contributed by atoms with Gasteiger partial charge in [0.25, 0.3) is 5.91 Å². The van der Waals surface area contributed by atoms with Gasteiger partial charge in [0.15, 0.2) is 0 Å². The van der Waals surface area contributed by atoms with Crippen LogP contribution in [0.1, 0.15) is 46.3 Å². The summed E-state index contributed by atoms with van der Waals surface area (Å²) in [5.41, 5.74) is 1.43. The van der Waals surface area contributed by atoms with Crippen molar-refractivity contribution in [1.82, 2.24) is 10.1 Å². The lowest BCUT2D eigenvalue weighted by Gasteiger charge is -2.20. The highest BCUT2D eigenvalue weighted by molar-refractivity contribution is 7.16. The summed E-state index contributed by atoms with van der Waals surface area (Å²) in [5, 5.41) is 7.05. The minimum Gasteiger partial charge on any atom is -0.339 e. The highest BCUT2D eigenvalue weighted by Gasteiger charge is 2.26. The number of hydrogen-bond acceptors (Lipinski definition) is 5. The molecule has 4 rings (SSSR count). The molecule has 0 aliphatic heterocycles. The molecule has 1 amide bonds. The third kappa shape index (κ3) is 2.85. The standard InChI is InChI=1S/C18H17N3O2S/c1-11-14(19-17(22)12-6-3-2-4-7-12)10-15(24-11)16-20-18(23-21-16)13-8-5-9-13/h2-4,6-7,10,13H,5,8-9H2,1H3,(H,19,22). The molecule has 3 aromatic rings. The second kappa shape index (κ2) is 6.20. The molecule has 1 aromatic carbocycles. The third-order valence-electron chi connectivity index (χ3n) is 4.32. The monoisotopic (exact) mass is 339 g/mol. The van der Waals surface area contributed by atoms with Gasteiger partial charge in [0, 0.05) is 16.4 Å². The summed E-state index contributed by atoms with van der Waals surface area (Å²) < 4.78 is 5.38. The van der Waals surface area contributed by atoms with Crippen LogP contribution in [-0.2, 0) is 0 Å². The number of rotatable bonds is 4. The summed E-state index contributed by atoms with van der Waals surface area (Å²) >= 11 is 1.56. The van der Waals surface area contributed by atoms with Gasteiger partial charge in [0.1, 0.15) is 0 Å². The highest BCUT2D eigenvalue weighted by atomic mass is 32.1. The Balaban J connectivity index is 1.54. The topological polar surface area (TPSA) is 68.0 Å². The van der Waals surface area contributed by atoms with Crippen LogP contribution in [-0.4, -0.2) is 16.0 Å². The first kappa shape index (κ1) is 15.1. The molecule has 122 valence electrons. The van der Waals surface area contributed by atoms with Crippen LogP contribution in [0.3, 0.4) is 0 Å². The van der Waals surface area contributed by atoms with Gasteiger partial charge < -0.3 is 9.84 Å². The lowest BCUT2D eigenvalue weighted by molar-refractivity contribution is 0.102. The number of nitrogens with zero attached hydrogens (tertiary/aromatic N) is 2. The van der Waals surface area contributed by atoms with Crippen LogP contribution in [0.15, 0.2) is 40.9 Å². The van der Waals surface area contributed by atoms with E-state index in [0.717, 1.165) is 34.2 Å². The molecule has 0 saturated heterocycles. The van der Waals surface area contributed by atoms with Gasteiger partial charge in [-0.2, -0.15) is 4.98 Å². The van der Waals surface area contributed by atoms with Crippen molar-refractivity contribution in [3.05, 3.63) is 52.7 Å². The molecule has 2 aromatic heterocycles. The normalized spacial score (nSPS) is 14.4. The molecule has 5 nitrogen and oxygen atoms in total. The molecule has 1 fully saturated rings. The summed E-state index contributed by atoms with van der Waals surface area (Å²) in [6.07, 6.45) is 3.49. The molecular weight excluding hydrogens is 322 g/mol. The van der Waals surface area contributed by atoms with Crippen LogP contribution in [0.4, 0.5) is 5.69 Å². The molecule has 0 radical (unpaired) electrons. The van der Waals surface area contributed by atoms with Crippen LogP contribution in [0, 0.1) is 6.92 Å². The Kier molecular flexibility index (Phi) is 3.90. The Bertz CT molecular complexity index is 866. The first-order chi connectivity index (χ1) is 11.7. The predicted molar refractivity (Wildman–Crippen MR) is 93.3 cm³/mol. The number of amides is 1. The van der Waals surface area contributed by atoms with Gasteiger partial charge in [0.05, 0.1) is 10.6 Å². The summed E-state index contributed by atoms with van der Waals surface area (Å²) in [6.45, 7) is 1.97. The van der Waals surface area contributed by atoms with E-state index in [1.807, 2.05) is 31.2 Å². The molecular formula is C18H17N3O2S. The Morgan fingerprint density at radius 3 is 2.79 bits per heavy atom. The Hall–Kier alpha value is -2.47. The maximum atomic E-state index is 12.3. The van der Waals surface area contributed by atoms with E-state index in [4.69, 9.17) is 4.52 Å². The predicted octanol–water partition coefficient (Wildman–Crippen LogP) is 4.63. The van der Waals surface area contributed by atoms with E-state index >= 15 is 0 Å². The van der Waals surface area contributed by atoms with Crippen molar-refractivity contribution in [2.24, 2.45) is 0 Å². The van der Waals surface area contributed by atoms with Crippen molar-refractivity contribution in [3.63, 3.8) is 0 Å². The molecule has 2 heterocycles. The average molecular weight is 339 g/mol. The van der Waals surface area contributed by atoms with Crippen LogP contribution in [0.5, 0.6) is 0 Å². The molecule has 0 spiro atoms. The Labute approximate surface area is 143 Å². The quantitative estimate of drug-likeness (QED) is 0.752. The Morgan fingerprint density at radius 2 is 2.08 bits per heavy atom. The van der Waals surface area contributed by atoms with E-state index in [1.54, 1.807) is 23.5 Å². The fraction of sp³-hybridized carbons (Fsp3) is 0.278. The summed E-state index contributed by atoms with van der Waals surface area (Å²) in [6, 6.07) is 11.1. The zero-order valence-corrected chi connectivity index (χ0v) is 14.1. The van der Waals surface area contributed by atoms with Crippen LogP contribution in [0.2, 0.25) is 0 Å². The van der Waals surface area contributed by atoms with Gasteiger partial charge in [-0.05, 0) is 38.0 Å². The second-order valence-electron chi connectivity index (χ2n) is 5.98. The van der Waals surface area contributed by atoms with Crippen LogP contribution >= 0.6 is 11.3 Å². The number of anilines is 1. The first-order valence-electron chi connectivity index (χ1n) is 8.01. The smallest absolute Gasteiger partial charge is 0.255 e. The van der Waals surface area contributed by atoms with Crippen molar-refractivity contribution >= 4 is 22.9 Å². The fourth-order valence-electron chi connectivity index (χ4n) is 2.66. The van der Waals surface area contributed by atoms with Crippen molar-refractivity contribution in [3.8, 4) is 10.7 Å². The molecule has 1 aliphatic carbocycles. The molecule has 24 heavy (non-hydrogen) atoms. The minimum atomic E-state index is -0.119. The first-order valence-corrected chi connectivity index (χ1v) is 8.83. The van der Waals surface area contributed by atoms with E-state index in [-0.39, 0.29) is 5.91 Å². The minimum absolute atomic E-state index is 0.119. The SMILES string of the molecule is Cc1sc(-c2noc(C3CCC3)n2)cc1NC(=O)c1ccccc1.